The van der Waals surface area contributed by atoms with Gasteiger partial charge >= 0.3 is 0 Å². The molecule has 0 fully saturated rings. The SMILES string of the molecule is CC(=O)NCC#Cc1ccc(S(N)(=O)=O)cc1F. The molecule has 18 heavy (non-hydrogen) atoms. The van der Waals surface area contributed by atoms with E-state index in [1.165, 1.54) is 19.1 Å². The predicted octanol–water partition coefficient (Wildman–Crippen LogP) is -0.0393. The summed E-state index contributed by atoms with van der Waals surface area (Å²) < 4.78 is 35.4. The number of carbonyl (C=O) groups excluding carboxylic acids is 1. The van der Waals surface area contributed by atoms with Crippen LogP contribution in [0.3, 0.4) is 0 Å². The Kier molecular flexibility index (Phi) is 4.42. The monoisotopic (exact) mass is 270 g/mol. The first-order valence-corrected chi connectivity index (χ1v) is 6.41. The molecule has 0 spiro atoms. The maximum absolute atomic E-state index is 13.5. The first-order chi connectivity index (χ1) is 8.30. The zero-order chi connectivity index (χ0) is 13.8. The van der Waals surface area contributed by atoms with Crippen molar-refractivity contribution >= 4 is 15.9 Å². The first kappa shape index (κ1) is 14.2. The minimum atomic E-state index is -3.92. The van der Waals surface area contributed by atoms with Gasteiger partial charge in [0.2, 0.25) is 15.9 Å². The van der Waals surface area contributed by atoms with E-state index in [0.717, 1.165) is 6.07 Å². The lowest BCUT2D eigenvalue weighted by atomic mass is 10.2. The molecule has 1 aromatic carbocycles. The van der Waals surface area contributed by atoms with Crippen molar-refractivity contribution in [3.8, 4) is 11.8 Å². The highest BCUT2D eigenvalue weighted by Crippen LogP contribution is 2.12. The van der Waals surface area contributed by atoms with Gasteiger partial charge in [-0.05, 0) is 18.2 Å². The molecule has 0 aromatic heterocycles. The second kappa shape index (κ2) is 5.62. The normalized spacial score (nSPS) is 10.4. The van der Waals surface area contributed by atoms with Crippen molar-refractivity contribution in [3.63, 3.8) is 0 Å². The fourth-order valence-corrected chi connectivity index (χ4v) is 1.61. The number of carbonyl (C=O) groups is 1. The highest BCUT2D eigenvalue weighted by molar-refractivity contribution is 7.89. The van der Waals surface area contributed by atoms with Crippen molar-refractivity contribution in [2.45, 2.75) is 11.8 Å². The first-order valence-electron chi connectivity index (χ1n) is 4.86. The van der Waals surface area contributed by atoms with Gasteiger partial charge in [-0.1, -0.05) is 11.8 Å². The number of nitrogens with one attached hydrogen (secondary N) is 1. The van der Waals surface area contributed by atoms with E-state index >= 15 is 0 Å². The summed E-state index contributed by atoms with van der Waals surface area (Å²) in [5.41, 5.74) is 0.0350. The van der Waals surface area contributed by atoms with Gasteiger partial charge in [0.1, 0.15) is 5.82 Å². The lowest BCUT2D eigenvalue weighted by Crippen LogP contribution is -2.19. The standard InChI is InChI=1S/C11H11FN2O3S/c1-8(15)14-6-2-3-9-4-5-10(7-11(9)12)18(13,16)17/h4-5,7H,6H2,1H3,(H,14,15)(H2,13,16,17). The van der Waals surface area contributed by atoms with Gasteiger partial charge in [0.25, 0.3) is 0 Å². The maximum Gasteiger partial charge on any atom is 0.238 e. The Morgan fingerprint density at radius 3 is 2.67 bits per heavy atom. The molecule has 0 aliphatic rings. The summed E-state index contributed by atoms with van der Waals surface area (Å²) in [6.45, 7) is 1.43. The molecule has 1 rings (SSSR count). The van der Waals surface area contributed by atoms with E-state index in [9.17, 15) is 17.6 Å². The van der Waals surface area contributed by atoms with Crippen molar-refractivity contribution in [1.82, 2.24) is 5.32 Å². The Labute approximate surface area is 104 Å². The van der Waals surface area contributed by atoms with Crippen LogP contribution in [0.15, 0.2) is 23.1 Å². The number of primary sulfonamides is 1. The molecule has 3 N–H and O–H groups in total. The van der Waals surface area contributed by atoms with Crippen LogP contribution < -0.4 is 10.5 Å². The number of halogens is 1. The second-order valence-corrected chi connectivity index (χ2v) is 4.96. The van der Waals surface area contributed by atoms with E-state index in [1.807, 2.05) is 0 Å². The molecule has 0 bridgehead atoms. The molecule has 1 aromatic rings. The molecular weight excluding hydrogens is 259 g/mol. The largest absolute Gasteiger partial charge is 0.345 e. The Morgan fingerprint density at radius 2 is 2.17 bits per heavy atom. The van der Waals surface area contributed by atoms with E-state index in [0.29, 0.717) is 0 Å². The van der Waals surface area contributed by atoms with Crippen LogP contribution in [0.25, 0.3) is 0 Å². The smallest absolute Gasteiger partial charge is 0.238 e. The molecular formula is C11H11FN2O3S. The van der Waals surface area contributed by atoms with Gasteiger partial charge in [0, 0.05) is 6.92 Å². The molecule has 0 saturated heterocycles. The average molecular weight is 270 g/mol. The number of nitrogens with two attached hydrogens (primary N) is 1. The van der Waals surface area contributed by atoms with Crippen LogP contribution >= 0.6 is 0 Å². The van der Waals surface area contributed by atoms with Crippen LogP contribution in [0, 0.1) is 17.7 Å². The number of hydrogen-bond acceptors (Lipinski definition) is 3. The van der Waals surface area contributed by atoms with E-state index in [2.05, 4.69) is 17.2 Å². The molecule has 7 heteroatoms. The summed E-state index contributed by atoms with van der Waals surface area (Å²) in [6, 6.07) is 3.19. The summed E-state index contributed by atoms with van der Waals surface area (Å²) in [7, 11) is -3.92. The van der Waals surface area contributed by atoms with E-state index in [1.54, 1.807) is 0 Å². The minimum Gasteiger partial charge on any atom is -0.345 e. The number of benzene rings is 1. The quantitative estimate of drug-likeness (QED) is 0.739. The van der Waals surface area contributed by atoms with Gasteiger partial charge in [-0.25, -0.2) is 17.9 Å². The van der Waals surface area contributed by atoms with E-state index < -0.39 is 15.8 Å². The van der Waals surface area contributed by atoms with Crippen LogP contribution in [0.1, 0.15) is 12.5 Å². The van der Waals surface area contributed by atoms with Gasteiger partial charge in [-0.2, -0.15) is 0 Å². The van der Waals surface area contributed by atoms with Crippen molar-refractivity contribution in [3.05, 3.63) is 29.6 Å². The molecule has 0 aliphatic carbocycles. The van der Waals surface area contributed by atoms with Gasteiger partial charge in [-0.15, -0.1) is 0 Å². The van der Waals surface area contributed by atoms with Gasteiger partial charge in [0.15, 0.2) is 0 Å². The van der Waals surface area contributed by atoms with Crippen molar-refractivity contribution in [2.24, 2.45) is 5.14 Å². The lowest BCUT2D eigenvalue weighted by molar-refractivity contribution is -0.118. The molecule has 5 nitrogen and oxygen atoms in total. The zero-order valence-electron chi connectivity index (χ0n) is 9.53. The Bertz CT molecular complexity index is 629. The topological polar surface area (TPSA) is 89.3 Å². The molecule has 0 saturated carbocycles. The molecule has 0 atom stereocenters. The van der Waals surface area contributed by atoms with Crippen LogP contribution in [0.2, 0.25) is 0 Å². The Morgan fingerprint density at radius 1 is 1.50 bits per heavy atom. The number of sulfonamides is 1. The fraction of sp³-hybridized carbons (Fsp3) is 0.182. The third kappa shape index (κ3) is 4.16. The Balaban J connectivity index is 2.90. The molecule has 1 amide bonds. The fourth-order valence-electron chi connectivity index (χ4n) is 1.08. The van der Waals surface area contributed by atoms with Crippen molar-refractivity contribution in [2.75, 3.05) is 6.54 Å². The third-order valence-corrected chi connectivity index (χ3v) is 2.83. The number of rotatable bonds is 2. The predicted molar refractivity (Wildman–Crippen MR) is 63.3 cm³/mol. The lowest BCUT2D eigenvalue weighted by Gasteiger charge is -1.99. The molecule has 0 heterocycles. The summed E-state index contributed by atoms with van der Waals surface area (Å²) in [6.07, 6.45) is 0. The van der Waals surface area contributed by atoms with Gasteiger partial charge < -0.3 is 5.32 Å². The zero-order valence-corrected chi connectivity index (χ0v) is 10.3. The average Bonchev–Trinajstić information content (AvgIpc) is 2.24. The number of amides is 1. The second-order valence-electron chi connectivity index (χ2n) is 3.40. The molecule has 0 aliphatic heterocycles. The van der Waals surface area contributed by atoms with Crippen molar-refractivity contribution < 1.29 is 17.6 Å². The van der Waals surface area contributed by atoms with E-state index in [4.69, 9.17) is 5.14 Å². The van der Waals surface area contributed by atoms with Crippen molar-refractivity contribution in [1.29, 1.82) is 0 Å². The number of hydrogen-bond donors (Lipinski definition) is 2. The highest BCUT2D eigenvalue weighted by atomic mass is 32.2. The van der Waals surface area contributed by atoms with Gasteiger partial charge in [-0.3, -0.25) is 4.79 Å². The summed E-state index contributed by atoms with van der Waals surface area (Å²) in [5.74, 6) is 3.98. The Hall–Kier alpha value is -1.91. The summed E-state index contributed by atoms with van der Waals surface area (Å²) >= 11 is 0. The molecule has 0 unspecified atom stereocenters. The molecule has 96 valence electrons. The van der Waals surface area contributed by atoms with Crippen LogP contribution in [0.5, 0.6) is 0 Å². The summed E-state index contributed by atoms with van der Waals surface area (Å²) in [4.78, 5) is 10.2. The third-order valence-electron chi connectivity index (χ3n) is 1.92. The van der Waals surface area contributed by atoms with Crippen LogP contribution in [-0.2, 0) is 14.8 Å². The van der Waals surface area contributed by atoms with Crippen LogP contribution in [0.4, 0.5) is 4.39 Å². The highest BCUT2D eigenvalue weighted by Gasteiger charge is 2.10. The van der Waals surface area contributed by atoms with E-state index in [-0.39, 0.29) is 22.9 Å². The minimum absolute atomic E-state index is 0.0350. The maximum atomic E-state index is 13.5. The van der Waals surface area contributed by atoms with Crippen LogP contribution in [-0.4, -0.2) is 20.9 Å². The molecule has 0 radical (unpaired) electrons. The summed E-state index contributed by atoms with van der Waals surface area (Å²) in [5, 5.41) is 7.27. The van der Waals surface area contributed by atoms with Gasteiger partial charge in [0.05, 0.1) is 17.0 Å².